The van der Waals surface area contributed by atoms with Gasteiger partial charge in [-0.25, -0.2) is 4.79 Å². The molecule has 6 heteroatoms. The molecule has 6 nitrogen and oxygen atoms in total. The number of carboxylic acid groups (broad SMARTS) is 1. The Morgan fingerprint density at radius 2 is 1.87 bits per heavy atom. The smallest absolute Gasteiger partial charge is 0.335 e. The minimum absolute atomic E-state index is 0.00723. The van der Waals surface area contributed by atoms with E-state index in [1.807, 2.05) is 0 Å². The quantitative estimate of drug-likeness (QED) is 0.768. The number of hydrogen-bond donors (Lipinski definition) is 3. The third-order valence-corrected chi connectivity index (χ3v) is 5.14. The summed E-state index contributed by atoms with van der Waals surface area (Å²) in [4.78, 5) is 23.0. The minimum atomic E-state index is -0.981. The van der Waals surface area contributed by atoms with E-state index in [0.717, 1.165) is 18.4 Å². The van der Waals surface area contributed by atoms with Crippen LogP contribution in [0.5, 0.6) is 0 Å². The zero-order valence-corrected chi connectivity index (χ0v) is 12.8. The Morgan fingerprint density at radius 1 is 1.22 bits per heavy atom. The van der Waals surface area contributed by atoms with E-state index in [1.54, 1.807) is 12.1 Å². The fourth-order valence-corrected chi connectivity index (χ4v) is 3.60. The Balaban J connectivity index is 1.58. The van der Waals surface area contributed by atoms with Crippen molar-refractivity contribution in [3.05, 3.63) is 35.4 Å². The standard InChI is InChI=1S/C17H21NO5/c19-14-10-13(17(14)5-7-23-8-6-17)18-15(20)9-11-1-3-12(4-2-11)16(21)22/h1-4,13-14,19H,5-10H2,(H,18,20)(H,21,22)/t13-,14-/m1/s1. The predicted octanol–water partition coefficient (Wildman–Crippen LogP) is 0.973. The van der Waals surface area contributed by atoms with Gasteiger partial charge in [-0.15, -0.1) is 0 Å². The topological polar surface area (TPSA) is 95.9 Å². The van der Waals surface area contributed by atoms with Crippen LogP contribution in [-0.2, 0) is 16.0 Å². The van der Waals surface area contributed by atoms with E-state index in [-0.39, 0.29) is 35.5 Å². The molecule has 3 rings (SSSR count). The highest BCUT2D eigenvalue weighted by Crippen LogP contribution is 2.48. The van der Waals surface area contributed by atoms with Crippen LogP contribution in [0.4, 0.5) is 0 Å². The van der Waals surface area contributed by atoms with Crippen molar-refractivity contribution < 1.29 is 24.5 Å². The Labute approximate surface area is 134 Å². The summed E-state index contributed by atoms with van der Waals surface area (Å²) in [6.45, 7) is 1.25. The second-order valence-corrected chi connectivity index (χ2v) is 6.40. The first-order valence-corrected chi connectivity index (χ1v) is 7.89. The molecule has 0 bridgehead atoms. The van der Waals surface area contributed by atoms with Crippen molar-refractivity contribution in [3.63, 3.8) is 0 Å². The molecule has 1 amide bonds. The molecule has 1 saturated carbocycles. The lowest BCUT2D eigenvalue weighted by atomic mass is 9.58. The molecule has 1 aromatic carbocycles. The molecule has 2 fully saturated rings. The van der Waals surface area contributed by atoms with Gasteiger partial charge in [0.1, 0.15) is 0 Å². The lowest BCUT2D eigenvalue weighted by Crippen LogP contribution is -2.65. The van der Waals surface area contributed by atoms with E-state index in [2.05, 4.69) is 5.32 Å². The molecule has 0 unspecified atom stereocenters. The summed E-state index contributed by atoms with van der Waals surface area (Å²) in [6.07, 6.45) is 1.97. The highest BCUT2D eigenvalue weighted by molar-refractivity contribution is 5.87. The lowest BCUT2D eigenvalue weighted by Gasteiger charge is -2.55. The monoisotopic (exact) mass is 319 g/mol. The van der Waals surface area contributed by atoms with Crippen molar-refractivity contribution in [3.8, 4) is 0 Å². The molecular weight excluding hydrogens is 298 g/mol. The number of carbonyl (C=O) groups is 2. The van der Waals surface area contributed by atoms with Crippen LogP contribution in [0.25, 0.3) is 0 Å². The maximum absolute atomic E-state index is 12.2. The van der Waals surface area contributed by atoms with Gasteiger partial charge in [-0.3, -0.25) is 4.79 Å². The predicted molar refractivity (Wildman–Crippen MR) is 82.1 cm³/mol. The number of aliphatic hydroxyl groups excluding tert-OH is 1. The summed E-state index contributed by atoms with van der Waals surface area (Å²) in [5.41, 5.74) is 0.743. The molecule has 2 atom stereocenters. The van der Waals surface area contributed by atoms with Crippen molar-refractivity contribution in [2.24, 2.45) is 5.41 Å². The maximum Gasteiger partial charge on any atom is 0.335 e. The van der Waals surface area contributed by atoms with Crippen LogP contribution in [0, 0.1) is 5.41 Å². The number of hydrogen-bond acceptors (Lipinski definition) is 4. The molecule has 1 aromatic rings. The molecule has 1 saturated heterocycles. The van der Waals surface area contributed by atoms with Crippen molar-refractivity contribution >= 4 is 11.9 Å². The number of rotatable bonds is 4. The first kappa shape index (κ1) is 16.0. The lowest BCUT2D eigenvalue weighted by molar-refractivity contribution is -0.155. The molecule has 3 N–H and O–H groups in total. The third kappa shape index (κ3) is 3.09. The molecular formula is C17H21NO5. The number of amides is 1. The van der Waals surface area contributed by atoms with E-state index < -0.39 is 5.97 Å². The van der Waals surface area contributed by atoms with Gasteiger partial charge in [-0.2, -0.15) is 0 Å². The van der Waals surface area contributed by atoms with Crippen LogP contribution in [0.3, 0.4) is 0 Å². The second kappa shape index (κ2) is 6.29. The molecule has 1 heterocycles. The van der Waals surface area contributed by atoms with E-state index in [0.29, 0.717) is 19.6 Å². The highest BCUT2D eigenvalue weighted by Gasteiger charge is 2.55. The van der Waals surface area contributed by atoms with Crippen molar-refractivity contribution in [1.29, 1.82) is 0 Å². The SMILES string of the molecule is O=C(Cc1ccc(C(=O)O)cc1)N[C@@H]1C[C@@H](O)C12CCOCC2. The Hall–Kier alpha value is -1.92. The zero-order chi connectivity index (χ0) is 16.4. The number of aromatic carboxylic acids is 1. The van der Waals surface area contributed by atoms with Gasteiger partial charge >= 0.3 is 5.97 Å². The van der Waals surface area contributed by atoms with E-state index in [9.17, 15) is 14.7 Å². The third-order valence-electron chi connectivity index (χ3n) is 5.14. The summed E-state index contributed by atoms with van der Waals surface area (Å²) >= 11 is 0. The number of carboxylic acids is 1. The average molecular weight is 319 g/mol. The van der Waals surface area contributed by atoms with Crippen molar-refractivity contribution in [1.82, 2.24) is 5.32 Å². The first-order valence-electron chi connectivity index (χ1n) is 7.89. The van der Waals surface area contributed by atoms with E-state index in [1.165, 1.54) is 12.1 Å². The van der Waals surface area contributed by atoms with Crippen LogP contribution in [-0.4, -0.2) is 47.4 Å². The van der Waals surface area contributed by atoms with Crippen LogP contribution in [0.15, 0.2) is 24.3 Å². The molecule has 0 aromatic heterocycles. The number of nitrogens with one attached hydrogen (secondary N) is 1. The number of ether oxygens (including phenoxy) is 1. The first-order chi connectivity index (χ1) is 11.0. The molecule has 1 aliphatic carbocycles. The van der Waals surface area contributed by atoms with Crippen LogP contribution in [0.1, 0.15) is 35.2 Å². The number of aliphatic hydroxyl groups is 1. The fourth-order valence-electron chi connectivity index (χ4n) is 3.60. The van der Waals surface area contributed by atoms with E-state index in [4.69, 9.17) is 9.84 Å². The molecule has 1 spiro atoms. The van der Waals surface area contributed by atoms with Gasteiger partial charge in [-0.05, 0) is 37.0 Å². The van der Waals surface area contributed by atoms with Gasteiger partial charge in [0, 0.05) is 24.7 Å². The normalized spacial score (nSPS) is 25.6. The Kier molecular flexibility index (Phi) is 4.37. The molecule has 124 valence electrons. The van der Waals surface area contributed by atoms with Crippen molar-refractivity contribution in [2.45, 2.75) is 37.8 Å². The van der Waals surface area contributed by atoms with E-state index >= 15 is 0 Å². The summed E-state index contributed by atoms with van der Waals surface area (Å²) in [5.74, 6) is -1.08. The molecule has 23 heavy (non-hydrogen) atoms. The number of carbonyl (C=O) groups excluding carboxylic acids is 1. The maximum atomic E-state index is 12.2. The molecule has 2 aliphatic rings. The summed E-state index contributed by atoms with van der Waals surface area (Å²) < 4.78 is 5.36. The van der Waals surface area contributed by atoms with Gasteiger partial charge in [-0.1, -0.05) is 12.1 Å². The van der Waals surface area contributed by atoms with Gasteiger partial charge < -0.3 is 20.3 Å². The fraction of sp³-hybridized carbons (Fsp3) is 0.529. The largest absolute Gasteiger partial charge is 0.478 e. The second-order valence-electron chi connectivity index (χ2n) is 6.40. The van der Waals surface area contributed by atoms with Crippen LogP contribution >= 0.6 is 0 Å². The Bertz CT molecular complexity index is 592. The number of benzene rings is 1. The van der Waals surface area contributed by atoms with Gasteiger partial charge in [0.05, 0.1) is 18.1 Å². The van der Waals surface area contributed by atoms with Gasteiger partial charge in [0.25, 0.3) is 0 Å². The van der Waals surface area contributed by atoms with Crippen LogP contribution < -0.4 is 5.32 Å². The summed E-state index contributed by atoms with van der Waals surface area (Å²) in [5, 5.41) is 22.0. The summed E-state index contributed by atoms with van der Waals surface area (Å²) in [6, 6.07) is 6.30. The van der Waals surface area contributed by atoms with Crippen molar-refractivity contribution in [2.75, 3.05) is 13.2 Å². The zero-order valence-electron chi connectivity index (χ0n) is 12.8. The molecule has 1 aliphatic heterocycles. The Morgan fingerprint density at radius 3 is 2.43 bits per heavy atom. The summed E-state index contributed by atoms with van der Waals surface area (Å²) in [7, 11) is 0. The van der Waals surface area contributed by atoms with Gasteiger partial charge in [0.2, 0.25) is 5.91 Å². The average Bonchev–Trinajstić information content (AvgIpc) is 2.56. The molecule has 0 radical (unpaired) electrons. The van der Waals surface area contributed by atoms with Crippen LogP contribution in [0.2, 0.25) is 0 Å². The minimum Gasteiger partial charge on any atom is -0.478 e. The highest BCUT2D eigenvalue weighted by atomic mass is 16.5. The van der Waals surface area contributed by atoms with Gasteiger partial charge in [0.15, 0.2) is 0 Å².